The Morgan fingerprint density at radius 1 is 1.37 bits per heavy atom. The van der Waals surface area contributed by atoms with E-state index in [2.05, 4.69) is 17.6 Å². The van der Waals surface area contributed by atoms with Gasteiger partial charge in [-0.05, 0) is 44.6 Å². The first-order valence-corrected chi connectivity index (χ1v) is 7.72. The highest BCUT2D eigenvalue weighted by atomic mass is 35.5. The van der Waals surface area contributed by atoms with Crippen LogP contribution in [0.15, 0.2) is 0 Å². The van der Waals surface area contributed by atoms with E-state index in [0.29, 0.717) is 17.9 Å². The third-order valence-corrected chi connectivity index (χ3v) is 5.25. The normalized spacial score (nSPS) is 35.1. The highest BCUT2D eigenvalue weighted by Gasteiger charge is 2.50. The van der Waals surface area contributed by atoms with E-state index in [1.807, 2.05) is 0 Å². The number of carbonyl (C=O) groups excluding carboxylic acids is 1. The van der Waals surface area contributed by atoms with Crippen LogP contribution >= 0.6 is 12.4 Å². The fourth-order valence-electron chi connectivity index (χ4n) is 3.97. The lowest BCUT2D eigenvalue weighted by Crippen LogP contribution is -2.50. The van der Waals surface area contributed by atoms with Crippen molar-refractivity contribution < 1.29 is 4.79 Å². The fraction of sp³-hybridized carbons (Fsp3) is 0.933. The van der Waals surface area contributed by atoms with E-state index in [1.54, 1.807) is 0 Å². The molecule has 0 bridgehead atoms. The predicted octanol–water partition coefficient (Wildman–Crippen LogP) is 2.49. The van der Waals surface area contributed by atoms with Crippen molar-refractivity contribution >= 4 is 18.3 Å². The van der Waals surface area contributed by atoms with E-state index >= 15 is 0 Å². The van der Waals surface area contributed by atoms with Gasteiger partial charge in [0.05, 0.1) is 5.41 Å². The number of fused-ring (bicyclic) bond motifs is 1. The van der Waals surface area contributed by atoms with Crippen molar-refractivity contribution in [1.29, 1.82) is 0 Å². The maximum Gasteiger partial charge on any atom is 0.228 e. The quantitative estimate of drug-likeness (QED) is 0.834. The second-order valence-corrected chi connectivity index (χ2v) is 6.78. The first-order valence-electron chi connectivity index (χ1n) is 7.72. The molecule has 1 unspecified atom stereocenters. The molecule has 4 heteroatoms. The average Bonchev–Trinajstić information content (AvgIpc) is 3.05. The molecule has 3 aliphatic rings. The Hall–Kier alpha value is -0.280. The molecule has 0 aromatic heterocycles. The molecule has 1 heterocycles. The summed E-state index contributed by atoms with van der Waals surface area (Å²) in [6, 6.07) is 0.363. The molecule has 19 heavy (non-hydrogen) atoms. The number of rotatable bonds is 4. The van der Waals surface area contributed by atoms with Gasteiger partial charge in [-0.1, -0.05) is 25.7 Å². The molecule has 3 atom stereocenters. The van der Waals surface area contributed by atoms with E-state index in [0.717, 1.165) is 25.4 Å². The maximum atomic E-state index is 12.7. The Kier molecular flexibility index (Phi) is 4.78. The van der Waals surface area contributed by atoms with Gasteiger partial charge >= 0.3 is 0 Å². The molecule has 110 valence electrons. The van der Waals surface area contributed by atoms with Crippen molar-refractivity contribution in [2.24, 2.45) is 17.3 Å². The standard InChI is InChI=1S/C15H26N2O.ClH/c1-11(8-12-5-6-12)17-14(18)15-7-3-2-4-13(15)9-16-10-15;/h11-13,16H,2-10H2,1H3,(H,17,18);1H/t11?,13-,15+;/m0./s1. The third kappa shape index (κ3) is 3.08. The number of carbonyl (C=O) groups is 1. The van der Waals surface area contributed by atoms with E-state index in [9.17, 15) is 4.79 Å². The molecule has 3 fully saturated rings. The van der Waals surface area contributed by atoms with Gasteiger partial charge in [0.1, 0.15) is 0 Å². The topological polar surface area (TPSA) is 41.1 Å². The number of hydrogen-bond acceptors (Lipinski definition) is 2. The fourth-order valence-corrected chi connectivity index (χ4v) is 3.97. The van der Waals surface area contributed by atoms with Crippen molar-refractivity contribution in [3.63, 3.8) is 0 Å². The monoisotopic (exact) mass is 286 g/mol. The van der Waals surface area contributed by atoms with Gasteiger partial charge in [-0.2, -0.15) is 0 Å². The summed E-state index contributed by atoms with van der Waals surface area (Å²) in [5, 5.41) is 6.76. The highest BCUT2D eigenvalue weighted by Crippen LogP contribution is 2.44. The van der Waals surface area contributed by atoms with Gasteiger partial charge in [0.2, 0.25) is 5.91 Å². The largest absolute Gasteiger partial charge is 0.353 e. The van der Waals surface area contributed by atoms with Crippen molar-refractivity contribution in [2.45, 2.75) is 57.9 Å². The molecule has 2 N–H and O–H groups in total. The Morgan fingerprint density at radius 3 is 2.89 bits per heavy atom. The summed E-state index contributed by atoms with van der Waals surface area (Å²) in [6.45, 7) is 4.12. The molecular weight excluding hydrogens is 260 g/mol. The van der Waals surface area contributed by atoms with Crippen molar-refractivity contribution in [2.75, 3.05) is 13.1 Å². The van der Waals surface area contributed by atoms with Crippen LogP contribution in [0, 0.1) is 17.3 Å². The van der Waals surface area contributed by atoms with Gasteiger partial charge in [0.15, 0.2) is 0 Å². The van der Waals surface area contributed by atoms with Crippen LogP contribution in [0.1, 0.15) is 51.9 Å². The van der Waals surface area contributed by atoms with Gasteiger partial charge in [-0.25, -0.2) is 0 Å². The summed E-state index contributed by atoms with van der Waals surface area (Å²) in [6.07, 6.45) is 8.77. The molecule has 1 saturated heterocycles. The molecule has 0 aromatic carbocycles. The maximum absolute atomic E-state index is 12.7. The van der Waals surface area contributed by atoms with Crippen LogP contribution in [0.5, 0.6) is 0 Å². The van der Waals surface area contributed by atoms with E-state index in [-0.39, 0.29) is 17.8 Å². The van der Waals surface area contributed by atoms with Crippen LogP contribution in [0.2, 0.25) is 0 Å². The lowest BCUT2D eigenvalue weighted by molar-refractivity contribution is -0.134. The Morgan fingerprint density at radius 2 is 2.16 bits per heavy atom. The molecule has 3 nitrogen and oxygen atoms in total. The minimum absolute atomic E-state index is 0. The van der Waals surface area contributed by atoms with E-state index in [1.165, 1.54) is 38.5 Å². The highest BCUT2D eigenvalue weighted by molar-refractivity contribution is 5.85. The van der Waals surface area contributed by atoms with Gasteiger partial charge in [-0.15, -0.1) is 12.4 Å². The Bertz CT molecular complexity index is 332. The Balaban J connectivity index is 0.00000133. The average molecular weight is 287 g/mol. The lowest BCUT2D eigenvalue weighted by atomic mass is 9.67. The lowest BCUT2D eigenvalue weighted by Gasteiger charge is -2.38. The van der Waals surface area contributed by atoms with Crippen LogP contribution in [0.4, 0.5) is 0 Å². The molecular formula is C15H27ClN2O. The molecule has 1 amide bonds. The third-order valence-electron chi connectivity index (χ3n) is 5.25. The van der Waals surface area contributed by atoms with Crippen LogP contribution in [0.3, 0.4) is 0 Å². The van der Waals surface area contributed by atoms with Gasteiger partial charge in [-0.3, -0.25) is 4.79 Å². The van der Waals surface area contributed by atoms with Crippen molar-refractivity contribution in [3.8, 4) is 0 Å². The van der Waals surface area contributed by atoms with Gasteiger partial charge in [0.25, 0.3) is 0 Å². The molecule has 3 rings (SSSR count). The molecule has 2 aliphatic carbocycles. The van der Waals surface area contributed by atoms with Crippen LogP contribution < -0.4 is 10.6 Å². The zero-order valence-corrected chi connectivity index (χ0v) is 12.7. The van der Waals surface area contributed by atoms with Crippen LogP contribution in [0.25, 0.3) is 0 Å². The number of hydrogen-bond donors (Lipinski definition) is 2. The summed E-state index contributed by atoms with van der Waals surface area (Å²) in [5.41, 5.74) is -0.0734. The smallest absolute Gasteiger partial charge is 0.228 e. The predicted molar refractivity (Wildman–Crippen MR) is 79.5 cm³/mol. The van der Waals surface area contributed by atoms with Crippen LogP contribution in [-0.2, 0) is 4.79 Å². The molecule has 2 saturated carbocycles. The zero-order valence-electron chi connectivity index (χ0n) is 11.9. The van der Waals surface area contributed by atoms with Gasteiger partial charge < -0.3 is 10.6 Å². The number of nitrogens with one attached hydrogen (secondary N) is 2. The summed E-state index contributed by atoms with van der Waals surface area (Å²) in [7, 11) is 0. The minimum Gasteiger partial charge on any atom is -0.353 e. The van der Waals surface area contributed by atoms with Crippen molar-refractivity contribution in [3.05, 3.63) is 0 Å². The SMILES string of the molecule is CC(CC1CC1)NC(=O)[C@@]12CCCC[C@H]1CNC2.Cl. The zero-order chi connectivity index (χ0) is 12.6. The first kappa shape index (κ1) is 15.1. The second kappa shape index (κ2) is 6.01. The molecule has 1 aliphatic heterocycles. The number of halogens is 1. The summed E-state index contributed by atoms with van der Waals surface area (Å²) in [5.74, 6) is 1.81. The van der Waals surface area contributed by atoms with Crippen LogP contribution in [-0.4, -0.2) is 25.0 Å². The minimum atomic E-state index is -0.0734. The summed E-state index contributed by atoms with van der Waals surface area (Å²) >= 11 is 0. The molecule has 0 aromatic rings. The Labute approximate surface area is 122 Å². The van der Waals surface area contributed by atoms with Crippen molar-refractivity contribution in [1.82, 2.24) is 10.6 Å². The van der Waals surface area contributed by atoms with E-state index < -0.39 is 0 Å². The molecule has 0 radical (unpaired) electrons. The number of amides is 1. The van der Waals surface area contributed by atoms with Gasteiger partial charge in [0, 0.05) is 12.6 Å². The van der Waals surface area contributed by atoms with E-state index in [4.69, 9.17) is 0 Å². The second-order valence-electron chi connectivity index (χ2n) is 6.78. The summed E-state index contributed by atoms with van der Waals surface area (Å²) < 4.78 is 0. The molecule has 0 spiro atoms. The first-order chi connectivity index (χ1) is 8.71. The summed E-state index contributed by atoms with van der Waals surface area (Å²) in [4.78, 5) is 12.7.